The summed E-state index contributed by atoms with van der Waals surface area (Å²) < 4.78 is 17.1. The molecule has 0 radical (unpaired) electrons. The molecule has 130 valence electrons. The Labute approximate surface area is 144 Å². The lowest BCUT2D eigenvalue weighted by Gasteiger charge is -2.07. The van der Waals surface area contributed by atoms with E-state index in [9.17, 15) is 9.59 Å². The van der Waals surface area contributed by atoms with Crippen LogP contribution in [0.2, 0.25) is 0 Å². The Morgan fingerprint density at radius 1 is 1.16 bits per heavy atom. The monoisotopic (exact) mass is 341 g/mol. The van der Waals surface area contributed by atoms with Crippen molar-refractivity contribution in [1.82, 2.24) is 4.57 Å². The number of oxazole rings is 1. The lowest BCUT2D eigenvalue weighted by Crippen LogP contribution is -2.15. The number of aromatic nitrogens is 1. The zero-order valence-electron chi connectivity index (χ0n) is 14.2. The van der Waals surface area contributed by atoms with E-state index >= 15 is 0 Å². The molecule has 3 rings (SSSR count). The third kappa shape index (κ3) is 3.74. The van der Waals surface area contributed by atoms with Crippen LogP contribution in [0.5, 0.6) is 5.75 Å². The number of benzene rings is 2. The standard InChI is InChI=1S/C19H19NO5/c1-13-4-7-15(8-5-13)24-11-3-10-20-16-9-6-14(18(21)23-2)12-17(16)25-19(20)22/h4-9,12H,3,10-11H2,1-2H3. The predicted octanol–water partition coefficient (Wildman–Crippen LogP) is 3.16. The molecule has 2 aromatic carbocycles. The van der Waals surface area contributed by atoms with E-state index in [4.69, 9.17) is 9.15 Å². The summed E-state index contributed by atoms with van der Waals surface area (Å²) in [7, 11) is 1.31. The maximum absolute atomic E-state index is 12.0. The van der Waals surface area contributed by atoms with Crippen molar-refractivity contribution in [2.24, 2.45) is 0 Å². The summed E-state index contributed by atoms with van der Waals surface area (Å²) >= 11 is 0. The van der Waals surface area contributed by atoms with Crippen LogP contribution in [0.15, 0.2) is 51.7 Å². The zero-order chi connectivity index (χ0) is 17.8. The molecule has 3 aromatic rings. The van der Waals surface area contributed by atoms with E-state index in [2.05, 4.69) is 4.74 Å². The average molecular weight is 341 g/mol. The van der Waals surface area contributed by atoms with Gasteiger partial charge in [0.1, 0.15) is 5.75 Å². The molecule has 0 atom stereocenters. The third-order valence-corrected chi connectivity index (χ3v) is 3.91. The number of carbonyl (C=O) groups is 1. The van der Waals surface area contributed by atoms with Gasteiger partial charge in [0.25, 0.3) is 0 Å². The molecule has 0 aliphatic rings. The van der Waals surface area contributed by atoms with E-state index in [1.54, 1.807) is 12.1 Å². The van der Waals surface area contributed by atoms with Crippen LogP contribution < -0.4 is 10.5 Å². The van der Waals surface area contributed by atoms with Crippen LogP contribution in [0.3, 0.4) is 0 Å². The fourth-order valence-electron chi connectivity index (χ4n) is 2.57. The maximum atomic E-state index is 12.0. The lowest BCUT2D eigenvalue weighted by atomic mass is 10.2. The summed E-state index contributed by atoms with van der Waals surface area (Å²) in [5, 5.41) is 0. The van der Waals surface area contributed by atoms with Gasteiger partial charge < -0.3 is 13.9 Å². The third-order valence-electron chi connectivity index (χ3n) is 3.91. The van der Waals surface area contributed by atoms with Gasteiger partial charge in [-0.25, -0.2) is 9.59 Å². The number of methoxy groups -OCH3 is 1. The highest BCUT2D eigenvalue weighted by molar-refractivity contribution is 5.93. The van der Waals surface area contributed by atoms with Gasteiger partial charge in [-0.05, 0) is 43.7 Å². The van der Waals surface area contributed by atoms with Crippen LogP contribution in [-0.2, 0) is 11.3 Å². The van der Waals surface area contributed by atoms with Gasteiger partial charge in [0.05, 0.1) is 24.8 Å². The Bertz CT molecular complexity index is 937. The minimum Gasteiger partial charge on any atom is -0.494 e. The number of carbonyl (C=O) groups excluding carboxylic acids is 1. The lowest BCUT2D eigenvalue weighted by molar-refractivity contribution is 0.0600. The summed E-state index contributed by atoms with van der Waals surface area (Å²) in [4.78, 5) is 23.6. The van der Waals surface area contributed by atoms with E-state index in [1.807, 2.05) is 31.2 Å². The molecule has 0 spiro atoms. The smallest absolute Gasteiger partial charge is 0.419 e. The summed E-state index contributed by atoms with van der Waals surface area (Å²) in [6.45, 7) is 2.98. The number of ether oxygens (including phenoxy) is 2. The summed E-state index contributed by atoms with van der Waals surface area (Å²) in [6.07, 6.45) is 0.654. The van der Waals surface area contributed by atoms with E-state index in [0.29, 0.717) is 36.2 Å². The normalized spacial score (nSPS) is 10.8. The van der Waals surface area contributed by atoms with Crippen molar-refractivity contribution in [2.75, 3.05) is 13.7 Å². The first-order valence-electron chi connectivity index (χ1n) is 7.99. The van der Waals surface area contributed by atoms with Crippen molar-refractivity contribution in [3.05, 3.63) is 64.1 Å². The van der Waals surface area contributed by atoms with Crippen LogP contribution in [-0.4, -0.2) is 24.3 Å². The Kier molecular flexibility index (Phi) is 4.88. The quantitative estimate of drug-likeness (QED) is 0.509. The second-order valence-electron chi connectivity index (χ2n) is 5.71. The number of fused-ring (bicyclic) bond motifs is 1. The van der Waals surface area contributed by atoms with Gasteiger partial charge in [0.15, 0.2) is 5.58 Å². The molecule has 0 amide bonds. The first-order chi connectivity index (χ1) is 12.1. The van der Waals surface area contributed by atoms with Crippen LogP contribution in [0.1, 0.15) is 22.3 Å². The summed E-state index contributed by atoms with van der Waals surface area (Å²) in [6, 6.07) is 12.6. The van der Waals surface area contributed by atoms with Gasteiger partial charge >= 0.3 is 11.7 Å². The molecule has 1 heterocycles. The summed E-state index contributed by atoms with van der Waals surface area (Å²) in [5.41, 5.74) is 2.54. The van der Waals surface area contributed by atoms with Crippen molar-refractivity contribution in [3.63, 3.8) is 0 Å². The Morgan fingerprint density at radius 2 is 1.92 bits per heavy atom. The number of aryl methyl sites for hydroxylation is 2. The van der Waals surface area contributed by atoms with E-state index in [0.717, 1.165) is 5.75 Å². The van der Waals surface area contributed by atoms with Gasteiger partial charge in [0, 0.05) is 6.54 Å². The van der Waals surface area contributed by atoms with Gasteiger partial charge in [-0.1, -0.05) is 17.7 Å². The maximum Gasteiger partial charge on any atom is 0.419 e. The molecule has 0 saturated heterocycles. The molecule has 25 heavy (non-hydrogen) atoms. The average Bonchev–Trinajstić information content (AvgIpc) is 2.94. The number of nitrogens with zero attached hydrogens (tertiary/aromatic N) is 1. The van der Waals surface area contributed by atoms with Gasteiger partial charge in [-0.3, -0.25) is 4.57 Å². The number of hydrogen-bond donors (Lipinski definition) is 0. The van der Waals surface area contributed by atoms with Crippen molar-refractivity contribution in [3.8, 4) is 5.75 Å². The molecule has 0 saturated carbocycles. The number of esters is 1. The molecule has 6 heteroatoms. The van der Waals surface area contributed by atoms with Gasteiger partial charge in [-0.15, -0.1) is 0 Å². The molecule has 0 unspecified atom stereocenters. The summed E-state index contributed by atoms with van der Waals surface area (Å²) in [5.74, 6) is -0.117. The van der Waals surface area contributed by atoms with E-state index < -0.39 is 11.7 Å². The van der Waals surface area contributed by atoms with Crippen molar-refractivity contribution < 1.29 is 18.7 Å². The predicted molar refractivity (Wildman–Crippen MR) is 93.1 cm³/mol. The SMILES string of the molecule is COC(=O)c1ccc2c(c1)oc(=O)n2CCCOc1ccc(C)cc1. The van der Waals surface area contributed by atoms with Crippen molar-refractivity contribution in [1.29, 1.82) is 0 Å². The Morgan fingerprint density at radius 3 is 2.64 bits per heavy atom. The minimum atomic E-state index is -0.469. The first kappa shape index (κ1) is 16.8. The molecule has 1 aromatic heterocycles. The number of rotatable bonds is 6. The topological polar surface area (TPSA) is 70.7 Å². The van der Waals surface area contributed by atoms with Gasteiger partial charge in [0.2, 0.25) is 0 Å². The van der Waals surface area contributed by atoms with Crippen LogP contribution >= 0.6 is 0 Å². The molecular formula is C19H19NO5. The second kappa shape index (κ2) is 7.25. The zero-order valence-corrected chi connectivity index (χ0v) is 14.2. The molecule has 0 fully saturated rings. The highest BCUT2D eigenvalue weighted by Crippen LogP contribution is 2.16. The largest absolute Gasteiger partial charge is 0.494 e. The van der Waals surface area contributed by atoms with Crippen LogP contribution in [0.4, 0.5) is 0 Å². The van der Waals surface area contributed by atoms with E-state index in [1.165, 1.54) is 23.3 Å². The Hall–Kier alpha value is -3.02. The molecule has 0 N–H and O–H groups in total. The highest BCUT2D eigenvalue weighted by Gasteiger charge is 2.13. The van der Waals surface area contributed by atoms with Crippen LogP contribution in [0.25, 0.3) is 11.1 Å². The first-order valence-corrected chi connectivity index (χ1v) is 7.99. The Balaban J connectivity index is 1.67. The fraction of sp³-hybridized carbons (Fsp3) is 0.263. The van der Waals surface area contributed by atoms with Crippen LogP contribution in [0, 0.1) is 6.92 Å². The highest BCUT2D eigenvalue weighted by atomic mass is 16.5. The second-order valence-corrected chi connectivity index (χ2v) is 5.71. The minimum absolute atomic E-state index is 0.346. The molecule has 0 aliphatic carbocycles. The molecular weight excluding hydrogens is 322 g/mol. The van der Waals surface area contributed by atoms with E-state index in [-0.39, 0.29) is 0 Å². The van der Waals surface area contributed by atoms with Crippen molar-refractivity contribution in [2.45, 2.75) is 19.9 Å². The fourth-order valence-corrected chi connectivity index (χ4v) is 2.57. The van der Waals surface area contributed by atoms with Gasteiger partial charge in [-0.2, -0.15) is 0 Å². The van der Waals surface area contributed by atoms with Crippen molar-refractivity contribution >= 4 is 17.1 Å². The number of hydrogen-bond acceptors (Lipinski definition) is 5. The molecule has 0 bridgehead atoms. The molecule has 6 nitrogen and oxygen atoms in total. The molecule has 0 aliphatic heterocycles.